The third-order valence-corrected chi connectivity index (χ3v) is 5.85. The zero-order valence-electron chi connectivity index (χ0n) is 17.4. The fourth-order valence-electron chi connectivity index (χ4n) is 3.77. The number of nitrogens with zero attached hydrogens (tertiary/aromatic N) is 2. The molecule has 2 aromatic carbocycles. The molecule has 0 radical (unpaired) electrons. The monoisotopic (exact) mass is 410 g/mol. The maximum absolute atomic E-state index is 13.1. The number of nitrogens with one attached hydrogen (secondary N) is 2. The molecule has 1 heterocycles. The standard InChI is InChI=1S/C26H26N4O/c27-17-20-11-9-19(10-12-20)15-16-28-25(22-5-2-1-3-6-22)26(31)30-24-14-13-23(18-29-24)21-7-4-8-21/h1-3,5-6,9-14,18,21,25,28H,4,7-8,15-16H2,(H,29,30,31). The van der Waals surface area contributed by atoms with Crippen molar-refractivity contribution in [2.45, 2.75) is 37.6 Å². The molecule has 0 aliphatic heterocycles. The Labute approximate surface area is 183 Å². The van der Waals surface area contributed by atoms with Gasteiger partial charge in [-0.1, -0.05) is 55.0 Å². The summed E-state index contributed by atoms with van der Waals surface area (Å²) in [6.45, 7) is 0.632. The van der Waals surface area contributed by atoms with Gasteiger partial charge in [-0.15, -0.1) is 0 Å². The van der Waals surface area contributed by atoms with Gasteiger partial charge in [0.25, 0.3) is 0 Å². The molecule has 4 rings (SSSR count). The van der Waals surface area contributed by atoms with E-state index in [2.05, 4.69) is 27.8 Å². The summed E-state index contributed by atoms with van der Waals surface area (Å²) in [7, 11) is 0. The molecule has 1 aliphatic carbocycles. The van der Waals surface area contributed by atoms with E-state index in [0.717, 1.165) is 17.5 Å². The van der Waals surface area contributed by atoms with Crippen molar-refractivity contribution in [3.05, 3.63) is 95.2 Å². The van der Waals surface area contributed by atoms with E-state index >= 15 is 0 Å². The highest BCUT2D eigenvalue weighted by atomic mass is 16.2. The summed E-state index contributed by atoms with van der Waals surface area (Å²) >= 11 is 0. The lowest BCUT2D eigenvalue weighted by atomic mass is 9.81. The highest BCUT2D eigenvalue weighted by Gasteiger charge is 2.22. The van der Waals surface area contributed by atoms with Crippen LogP contribution in [0.5, 0.6) is 0 Å². The number of pyridine rings is 1. The van der Waals surface area contributed by atoms with Gasteiger partial charge in [-0.25, -0.2) is 4.98 Å². The predicted molar refractivity (Wildman–Crippen MR) is 122 cm³/mol. The minimum atomic E-state index is -0.479. The van der Waals surface area contributed by atoms with Crippen molar-refractivity contribution in [2.75, 3.05) is 11.9 Å². The maximum atomic E-state index is 13.1. The number of carbonyl (C=O) groups excluding carboxylic acids is 1. The molecule has 5 heteroatoms. The van der Waals surface area contributed by atoms with Gasteiger partial charge < -0.3 is 10.6 Å². The van der Waals surface area contributed by atoms with Crippen molar-refractivity contribution >= 4 is 11.7 Å². The van der Waals surface area contributed by atoms with Crippen LogP contribution in [0.2, 0.25) is 0 Å². The van der Waals surface area contributed by atoms with Crippen LogP contribution in [0.3, 0.4) is 0 Å². The van der Waals surface area contributed by atoms with Gasteiger partial charge in [0.15, 0.2) is 0 Å². The Bertz CT molecular complexity index is 1040. The van der Waals surface area contributed by atoms with E-state index in [1.54, 1.807) is 0 Å². The first-order valence-electron chi connectivity index (χ1n) is 10.8. The summed E-state index contributed by atoms with van der Waals surface area (Å²) in [5, 5.41) is 15.3. The topological polar surface area (TPSA) is 77.8 Å². The number of aromatic nitrogens is 1. The number of carbonyl (C=O) groups is 1. The molecule has 31 heavy (non-hydrogen) atoms. The first-order chi connectivity index (χ1) is 15.2. The van der Waals surface area contributed by atoms with E-state index in [0.29, 0.717) is 23.8 Å². The summed E-state index contributed by atoms with van der Waals surface area (Å²) in [5.74, 6) is 1.07. The Kier molecular flexibility index (Phi) is 6.71. The molecule has 1 fully saturated rings. The van der Waals surface area contributed by atoms with Gasteiger partial charge in [0, 0.05) is 12.7 Å². The van der Waals surface area contributed by atoms with Crippen LogP contribution >= 0.6 is 0 Å². The largest absolute Gasteiger partial charge is 0.309 e. The Balaban J connectivity index is 1.40. The lowest BCUT2D eigenvalue weighted by Gasteiger charge is -2.25. The lowest BCUT2D eigenvalue weighted by molar-refractivity contribution is -0.118. The quantitative estimate of drug-likeness (QED) is 0.563. The van der Waals surface area contributed by atoms with Crippen LogP contribution < -0.4 is 10.6 Å². The van der Waals surface area contributed by atoms with Gasteiger partial charge >= 0.3 is 0 Å². The Morgan fingerprint density at radius 3 is 2.45 bits per heavy atom. The van der Waals surface area contributed by atoms with Gasteiger partial charge in [-0.2, -0.15) is 5.26 Å². The number of hydrogen-bond acceptors (Lipinski definition) is 4. The molecule has 1 atom stereocenters. The van der Waals surface area contributed by atoms with Crippen molar-refractivity contribution in [3.63, 3.8) is 0 Å². The second-order valence-electron chi connectivity index (χ2n) is 7.95. The molecule has 1 amide bonds. The molecule has 156 valence electrons. The van der Waals surface area contributed by atoms with E-state index in [1.807, 2.05) is 66.9 Å². The molecule has 1 saturated carbocycles. The molecule has 1 aromatic heterocycles. The molecule has 2 N–H and O–H groups in total. The number of rotatable bonds is 8. The van der Waals surface area contributed by atoms with Gasteiger partial charge in [-0.05, 0) is 60.1 Å². The maximum Gasteiger partial charge on any atom is 0.247 e. The van der Waals surface area contributed by atoms with Crippen LogP contribution in [0.25, 0.3) is 0 Å². The Hall–Kier alpha value is -3.49. The van der Waals surface area contributed by atoms with E-state index in [-0.39, 0.29) is 5.91 Å². The second kappa shape index (κ2) is 10.0. The second-order valence-corrected chi connectivity index (χ2v) is 7.95. The molecule has 3 aromatic rings. The molecule has 1 aliphatic rings. The smallest absolute Gasteiger partial charge is 0.247 e. The van der Waals surface area contributed by atoms with Crippen LogP contribution in [0, 0.1) is 11.3 Å². The van der Waals surface area contributed by atoms with Crippen molar-refractivity contribution in [1.29, 1.82) is 5.26 Å². The fraction of sp³-hybridized carbons (Fsp3) is 0.269. The highest BCUT2D eigenvalue weighted by Crippen LogP contribution is 2.36. The Morgan fingerprint density at radius 1 is 1.06 bits per heavy atom. The van der Waals surface area contributed by atoms with E-state index < -0.39 is 6.04 Å². The van der Waals surface area contributed by atoms with Crippen molar-refractivity contribution < 1.29 is 4.79 Å². The Morgan fingerprint density at radius 2 is 1.84 bits per heavy atom. The average Bonchev–Trinajstić information content (AvgIpc) is 2.78. The van der Waals surface area contributed by atoms with Crippen LogP contribution in [0.4, 0.5) is 5.82 Å². The molecular formula is C26H26N4O. The number of hydrogen-bond donors (Lipinski definition) is 2. The first-order valence-corrected chi connectivity index (χ1v) is 10.8. The van der Waals surface area contributed by atoms with Crippen LogP contribution in [0.15, 0.2) is 72.9 Å². The molecule has 1 unspecified atom stereocenters. The number of nitriles is 1. The summed E-state index contributed by atoms with van der Waals surface area (Å²) in [4.78, 5) is 17.5. The van der Waals surface area contributed by atoms with Crippen LogP contribution in [0.1, 0.15) is 53.5 Å². The number of benzene rings is 2. The van der Waals surface area contributed by atoms with Gasteiger partial charge in [-0.3, -0.25) is 4.79 Å². The van der Waals surface area contributed by atoms with Crippen molar-refractivity contribution in [3.8, 4) is 6.07 Å². The lowest BCUT2D eigenvalue weighted by Crippen LogP contribution is -2.34. The SMILES string of the molecule is N#Cc1ccc(CCNC(C(=O)Nc2ccc(C3CCC3)cn2)c2ccccc2)cc1. The minimum Gasteiger partial charge on any atom is -0.309 e. The molecule has 5 nitrogen and oxygen atoms in total. The van der Waals surface area contributed by atoms with E-state index in [9.17, 15) is 4.79 Å². The van der Waals surface area contributed by atoms with E-state index in [1.165, 1.54) is 24.8 Å². The zero-order chi connectivity index (χ0) is 21.5. The van der Waals surface area contributed by atoms with Gasteiger partial charge in [0.2, 0.25) is 5.91 Å². The molecule has 0 bridgehead atoms. The van der Waals surface area contributed by atoms with Gasteiger partial charge in [0.05, 0.1) is 11.6 Å². The normalized spacial score (nSPS) is 14.3. The van der Waals surface area contributed by atoms with E-state index in [4.69, 9.17) is 5.26 Å². The minimum absolute atomic E-state index is 0.130. The first kappa shape index (κ1) is 20.8. The highest BCUT2D eigenvalue weighted by molar-refractivity contribution is 5.94. The predicted octanol–water partition coefficient (Wildman–Crippen LogP) is 4.73. The van der Waals surface area contributed by atoms with Crippen molar-refractivity contribution in [1.82, 2.24) is 10.3 Å². The number of anilines is 1. The van der Waals surface area contributed by atoms with Gasteiger partial charge in [0.1, 0.15) is 11.9 Å². The third-order valence-electron chi connectivity index (χ3n) is 5.85. The summed E-state index contributed by atoms with van der Waals surface area (Å²) in [6, 6.07) is 22.9. The molecule has 0 spiro atoms. The summed E-state index contributed by atoms with van der Waals surface area (Å²) in [6.07, 6.45) is 6.39. The zero-order valence-corrected chi connectivity index (χ0v) is 17.4. The summed E-state index contributed by atoms with van der Waals surface area (Å²) in [5.41, 5.74) is 3.93. The summed E-state index contributed by atoms with van der Waals surface area (Å²) < 4.78 is 0. The molecule has 0 saturated heterocycles. The third kappa shape index (κ3) is 5.36. The van der Waals surface area contributed by atoms with Crippen molar-refractivity contribution in [2.24, 2.45) is 0 Å². The number of amides is 1. The average molecular weight is 411 g/mol. The van der Waals surface area contributed by atoms with Crippen LogP contribution in [-0.2, 0) is 11.2 Å². The van der Waals surface area contributed by atoms with Crippen LogP contribution in [-0.4, -0.2) is 17.4 Å². The fourth-order valence-corrected chi connectivity index (χ4v) is 3.77. The molecular weight excluding hydrogens is 384 g/mol.